The molecule has 1 aromatic carbocycles. The Balaban J connectivity index is 2.11. The summed E-state index contributed by atoms with van der Waals surface area (Å²) >= 11 is 0. The molecule has 1 N–H and O–H groups in total. The third kappa shape index (κ3) is 4.59. The highest BCUT2D eigenvalue weighted by Crippen LogP contribution is 2.27. The Kier molecular flexibility index (Phi) is 5.44. The lowest BCUT2D eigenvalue weighted by Gasteiger charge is -2.20. The molecule has 0 bridgehead atoms. The monoisotopic (exact) mass is 333 g/mol. The van der Waals surface area contributed by atoms with Crippen LogP contribution in [0.4, 0.5) is 0 Å². The summed E-state index contributed by atoms with van der Waals surface area (Å²) in [6.07, 6.45) is 3.82. The largest absolute Gasteiger partial charge is 0.283 e. The summed E-state index contributed by atoms with van der Waals surface area (Å²) in [5.74, 6) is -0.422. The van der Waals surface area contributed by atoms with Crippen LogP contribution >= 0.6 is 0 Å². The number of nitrogens with zero attached hydrogens (tertiary/aromatic N) is 2. The summed E-state index contributed by atoms with van der Waals surface area (Å²) in [6, 6.07) is 9.58. The summed E-state index contributed by atoms with van der Waals surface area (Å²) in [6.45, 7) is 4.00. The molecule has 23 heavy (non-hydrogen) atoms. The molecular weight excluding hydrogens is 314 g/mol. The number of amides is 1. The van der Waals surface area contributed by atoms with Crippen molar-refractivity contribution in [3.05, 3.63) is 54.5 Å². The van der Waals surface area contributed by atoms with Crippen LogP contribution in [0.25, 0.3) is 0 Å². The van der Waals surface area contributed by atoms with E-state index in [9.17, 15) is 13.2 Å². The van der Waals surface area contributed by atoms with Crippen molar-refractivity contribution in [2.45, 2.75) is 31.2 Å². The van der Waals surface area contributed by atoms with Gasteiger partial charge in [0.25, 0.3) is 10.0 Å². The van der Waals surface area contributed by atoms with E-state index in [4.69, 9.17) is 0 Å². The van der Waals surface area contributed by atoms with Crippen LogP contribution in [0, 0.1) is 5.92 Å². The van der Waals surface area contributed by atoms with Crippen LogP contribution in [0.15, 0.2) is 53.9 Å². The molecule has 0 saturated carbocycles. The molecule has 0 spiro atoms. The second-order valence-electron chi connectivity index (χ2n) is 5.54. The fraction of sp³-hybridized carbons (Fsp3) is 0.312. The standard InChI is InChI=1S/C16H19N3O3S/c1-12(2)14(13-6-4-3-5-7-13)10-15(20)19-23(21,22)16-11-17-8-9-18-16/h3-9,11-12,14H,10H2,1-2H3,(H,19,20)/t14-/m1/s1. The fourth-order valence-corrected chi connectivity index (χ4v) is 3.19. The molecule has 0 aliphatic carbocycles. The van der Waals surface area contributed by atoms with Gasteiger partial charge in [-0.1, -0.05) is 44.2 Å². The molecule has 0 radical (unpaired) electrons. The third-order valence-electron chi connectivity index (χ3n) is 3.50. The van der Waals surface area contributed by atoms with Gasteiger partial charge in [0, 0.05) is 18.8 Å². The molecule has 2 rings (SSSR count). The first-order valence-corrected chi connectivity index (χ1v) is 8.75. The van der Waals surface area contributed by atoms with Gasteiger partial charge >= 0.3 is 0 Å². The van der Waals surface area contributed by atoms with E-state index in [0.717, 1.165) is 11.8 Å². The van der Waals surface area contributed by atoms with Gasteiger partial charge in [-0.3, -0.25) is 9.78 Å². The van der Waals surface area contributed by atoms with Crippen LogP contribution < -0.4 is 4.72 Å². The van der Waals surface area contributed by atoms with E-state index in [2.05, 4.69) is 14.7 Å². The molecule has 1 atom stereocenters. The van der Waals surface area contributed by atoms with Crippen molar-refractivity contribution in [2.24, 2.45) is 5.92 Å². The SMILES string of the molecule is CC(C)[C@@H](CC(=O)NS(=O)(=O)c1cnccn1)c1ccccc1. The Morgan fingerprint density at radius 1 is 1.17 bits per heavy atom. The lowest BCUT2D eigenvalue weighted by Crippen LogP contribution is -2.32. The van der Waals surface area contributed by atoms with Crippen molar-refractivity contribution in [1.29, 1.82) is 0 Å². The Morgan fingerprint density at radius 3 is 2.43 bits per heavy atom. The zero-order chi connectivity index (χ0) is 16.9. The molecule has 7 heteroatoms. The van der Waals surface area contributed by atoms with Crippen LogP contribution in [-0.4, -0.2) is 24.3 Å². The van der Waals surface area contributed by atoms with E-state index in [0.29, 0.717) is 0 Å². The van der Waals surface area contributed by atoms with E-state index < -0.39 is 15.9 Å². The van der Waals surface area contributed by atoms with Crippen molar-refractivity contribution in [2.75, 3.05) is 0 Å². The second-order valence-corrected chi connectivity index (χ2v) is 7.17. The maximum atomic E-state index is 12.2. The minimum absolute atomic E-state index is 0.0618. The van der Waals surface area contributed by atoms with Crippen molar-refractivity contribution in [3.63, 3.8) is 0 Å². The van der Waals surface area contributed by atoms with Gasteiger partial charge in [-0.15, -0.1) is 0 Å². The zero-order valence-corrected chi connectivity index (χ0v) is 13.8. The van der Waals surface area contributed by atoms with Crippen molar-refractivity contribution < 1.29 is 13.2 Å². The number of sulfonamides is 1. The van der Waals surface area contributed by atoms with Gasteiger partial charge in [-0.25, -0.2) is 9.71 Å². The number of nitrogens with one attached hydrogen (secondary N) is 1. The maximum absolute atomic E-state index is 12.2. The Hall–Kier alpha value is -2.28. The van der Waals surface area contributed by atoms with Crippen molar-refractivity contribution in [3.8, 4) is 0 Å². The highest BCUT2D eigenvalue weighted by Gasteiger charge is 2.24. The molecule has 1 aromatic heterocycles. The molecule has 2 aromatic rings. The van der Waals surface area contributed by atoms with E-state index in [1.807, 2.05) is 44.2 Å². The second kappa shape index (κ2) is 7.32. The summed E-state index contributed by atoms with van der Waals surface area (Å²) in [5, 5.41) is -0.269. The lowest BCUT2D eigenvalue weighted by molar-refractivity contribution is -0.119. The predicted molar refractivity (Wildman–Crippen MR) is 86.0 cm³/mol. The van der Waals surface area contributed by atoms with Crippen LogP contribution in [-0.2, 0) is 14.8 Å². The zero-order valence-electron chi connectivity index (χ0n) is 13.0. The lowest BCUT2D eigenvalue weighted by atomic mass is 9.86. The molecule has 122 valence electrons. The summed E-state index contributed by atoms with van der Waals surface area (Å²) in [7, 11) is -3.99. The number of benzene rings is 1. The van der Waals surface area contributed by atoms with E-state index in [-0.39, 0.29) is 23.3 Å². The third-order valence-corrected chi connectivity index (χ3v) is 4.76. The first kappa shape index (κ1) is 17.1. The quantitative estimate of drug-likeness (QED) is 0.874. The molecule has 6 nitrogen and oxygen atoms in total. The number of rotatable bonds is 6. The number of carbonyl (C=O) groups excluding carboxylic acids is 1. The Bertz CT molecular complexity index is 747. The average molecular weight is 333 g/mol. The number of carbonyl (C=O) groups is 1. The maximum Gasteiger partial charge on any atom is 0.283 e. The first-order chi connectivity index (χ1) is 10.9. The highest BCUT2D eigenvalue weighted by atomic mass is 32.2. The number of hydrogen-bond donors (Lipinski definition) is 1. The van der Waals surface area contributed by atoms with Crippen LogP contribution in [0.1, 0.15) is 31.7 Å². The topological polar surface area (TPSA) is 89.0 Å². The minimum Gasteiger partial charge on any atom is -0.274 e. The molecule has 1 heterocycles. The Labute approximate surface area is 136 Å². The van der Waals surface area contributed by atoms with Gasteiger partial charge in [0.2, 0.25) is 5.91 Å². The molecule has 0 aliphatic heterocycles. The van der Waals surface area contributed by atoms with Crippen molar-refractivity contribution in [1.82, 2.24) is 14.7 Å². The van der Waals surface area contributed by atoms with Gasteiger partial charge in [0.1, 0.15) is 0 Å². The van der Waals surface area contributed by atoms with Gasteiger partial charge in [0.15, 0.2) is 5.03 Å². The minimum atomic E-state index is -3.99. The summed E-state index contributed by atoms with van der Waals surface area (Å²) in [4.78, 5) is 19.6. The van der Waals surface area contributed by atoms with Gasteiger partial charge < -0.3 is 0 Å². The van der Waals surface area contributed by atoms with Crippen molar-refractivity contribution >= 4 is 15.9 Å². The van der Waals surface area contributed by atoms with E-state index in [1.165, 1.54) is 12.4 Å². The Morgan fingerprint density at radius 2 is 1.87 bits per heavy atom. The van der Waals surface area contributed by atoms with E-state index >= 15 is 0 Å². The predicted octanol–water partition coefficient (Wildman–Crippen LogP) is 2.11. The number of aromatic nitrogens is 2. The normalized spacial score (nSPS) is 12.8. The van der Waals surface area contributed by atoms with Crippen LogP contribution in [0.3, 0.4) is 0 Å². The molecule has 0 fully saturated rings. The van der Waals surface area contributed by atoms with Gasteiger partial charge in [-0.05, 0) is 17.4 Å². The molecule has 0 saturated heterocycles. The first-order valence-electron chi connectivity index (χ1n) is 7.27. The van der Waals surface area contributed by atoms with E-state index in [1.54, 1.807) is 0 Å². The average Bonchev–Trinajstić information content (AvgIpc) is 2.53. The molecule has 0 unspecified atom stereocenters. The summed E-state index contributed by atoms with van der Waals surface area (Å²) in [5.41, 5.74) is 1.01. The molecule has 0 aliphatic rings. The van der Waals surface area contributed by atoms with Gasteiger partial charge in [-0.2, -0.15) is 8.42 Å². The van der Waals surface area contributed by atoms with Crippen LogP contribution in [0.5, 0.6) is 0 Å². The smallest absolute Gasteiger partial charge is 0.274 e. The molecule has 1 amide bonds. The van der Waals surface area contributed by atoms with Gasteiger partial charge in [0.05, 0.1) is 6.20 Å². The summed E-state index contributed by atoms with van der Waals surface area (Å²) < 4.78 is 26.3. The molecular formula is C16H19N3O3S. The van der Waals surface area contributed by atoms with Crippen LogP contribution in [0.2, 0.25) is 0 Å². The fourth-order valence-electron chi connectivity index (χ4n) is 2.31. The highest BCUT2D eigenvalue weighted by molar-refractivity contribution is 7.90. The number of hydrogen-bond acceptors (Lipinski definition) is 5.